The molecule has 2 saturated heterocycles. The molecule has 1 amide bonds. The van der Waals surface area contributed by atoms with Gasteiger partial charge in [0.25, 0.3) is 5.91 Å². The minimum absolute atomic E-state index is 0.131. The maximum Gasteiger partial charge on any atom is 0.356 e. The van der Waals surface area contributed by atoms with E-state index in [9.17, 15) is 9.59 Å². The number of aromatic amines is 1. The average molecular weight is 388 g/mol. The Bertz CT molecular complexity index is 891. The largest absolute Gasteiger partial charge is 0.464 e. The van der Waals surface area contributed by atoms with Crippen molar-refractivity contribution in [1.29, 1.82) is 0 Å². The summed E-state index contributed by atoms with van der Waals surface area (Å²) in [6.07, 6.45) is 1.57. The molecular formula is C20H26N3O5+. The van der Waals surface area contributed by atoms with Crippen molar-refractivity contribution in [3.05, 3.63) is 29.5 Å². The lowest BCUT2D eigenvalue weighted by Gasteiger charge is -2.34. The number of amides is 1. The van der Waals surface area contributed by atoms with Crippen molar-refractivity contribution in [1.82, 2.24) is 4.98 Å². The highest BCUT2D eigenvalue weighted by Gasteiger charge is 2.42. The number of hydrogen-bond donors (Lipinski definition) is 3. The van der Waals surface area contributed by atoms with Crippen LogP contribution in [0.3, 0.4) is 0 Å². The third-order valence-electron chi connectivity index (χ3n) is 5.63. The molecule has 0 atom stereocenters. The summed E-state index contributed by atoms with van der Waals surface area (Å²) in [6.45, 7) is 5.19. The summed E-state index contributed by atoms with van der Waals surface area (Å²) in [7, 11) is 1.33. The van der Waals surface area contributed by atoms with Gasteiger partial charge in [-0.15, -0.1) is 0 Å². The van der Waals surface area contributed by atoms with Gasteiger partial charge in [-0.3, -0.25) is 4.79 Å². The van der Waals surface area contributed by atoms with Crippen molar-refractivity contribution < 1.29 is 28.7 Å². The molecule has 0 unspecified atom stereocenters. The Kier molecular flexibility index (Phi) is 5.09. The molecule has 3 heterocycles. The standard InChI is InChI=1S/C20H25N3O5/c1-13-4-3-5-14-16(13)17(18(21-14)19(25)26-2)22-15(24)12-23-8-6-20(7-9-23)27-10-11-28-20/h3-5,21H,6-12H2,1-2H3,(H,22,24)/p+1. The molecule has 3 N–H and O–H groups in total. The first kappa shape index (κ1) is 18.9. The minimum Gasteiger partial charge on any atom is -0.464 e. The second kappa shape index (κ2) is 7.54. The maximum absolute atomic E-state index is 12.7. The monoisotopic (exact) mass is 388 g/mol. The second-order valence-corrected chi connectivity index (χ2v) is 7.45. The van der Waals surface area contributed by atoms with E-state index in [1.165, 1.54) is 12.0 Å². The summed E-state index contributed by atoms with van der Waals surface area (Å²) in [5.41, 5.74) is 2.52. The number of rotatable bonds is 4. The number of hydrogen-bond acceptors (Lipinski definition) is 5. The summed E-state index contributed by atoms with van der Waals surface area (Å²) in [4.78, 5) is 29.2. The van der Waals surface area contributed by atoms with Crippen LogP contribution >= 0.6 is 0 Å². The van der Waals surface area contributed by atoms with Gasteiger partial charge in [0.2, 0.25) is 0 Å². The number of fused-ring (bicyclic) bond motifs is 1. The zero-order chi connectivity index (χ0) is 19.7. The SMILES string of the molecule is COC(=O)c1[nH]c2cccc(C)c2c1NC(=O)C[NH+]1CCC2(CC1)OCCO2. The fourth-order valence-corrected chi connectivity index (χ4v) is 4.16. The number of ether oxygens (including phenoxy) is 3. The third-order valence-corrected chi connectivity index (χ3v) is 5.63. The number of esters is 1. The Labute approximate surface area is 163 Å². The first-order valence-corrected chi connectivity index (χ1v) is 9.62. The molecule has 1 aromatic carbocycles. The fourth-order valence-electron chi connectivity index (χ4n) is 4.16. The van der Waals surface area contributed by atoms with Gasteiger partial charge in [0.1, 0.15) is 5.69 Å². The molecule has 4 rings (SSSR count). The molecule has 8 heteroatoms. The molecule has 2 fully saturated rings. The fraction of sp³-hybridized carbons (Fsp3) is 0.500. The molecule has 8 nitrogen and oxygen atoms in total. The highest BCUT2D eigenvalue weighted by molar-refractivity contribution is 6.12. The van der Waals surface area contributed by atoms with E-state index in [-0.39, 0.29) is 11.6 Å². The Balaban J connectivity index is 1.48. The van der Waals surface area contributed by atoms with Crippen LogP contribution in [0.2, 0.25) is 0 Å². The molecule has 0 saturated carbocycles. The van der Waals surface area contributed by atoms with Crippen LogP contribution in [0.15, 0.2) is 18.2 Å². The zero-order valence-corrected chi connectivity index (χ0v) is 16.2. The van der Waals surface area contributed by atoms with E-state index in [4.69, 9.17) is 14.2 Å². The van der Waals surface area contributed by atoms with E-state index in [1.807, 2.05) is 25.1 Å². The Morgan fingerprint density at radius 1 is 1.25 bits per heavy atom. The van der Waals surface area contributed by atoms with E-state index in [2.05, 4.69) is 10.3 Å². The van der Waals surface area contributed by atoms with Crippen LogP contribution in [0.25, 0.3) is 10.9 Å². The lowest BCUT2D eigenvalue weighted by Crippen LogP contribution is -3.14. The number of carbonyl (C=O) groups is 2. The number of aryl methyl sites for hydroxylation is 1. The molecule has 1 aromatic heterocycles. The van der Waals surface area contributed by atoms with Gasteiger partial charge in [0.05, 0.1) is 51.9 Å². The zero-order valence-electron chi connectivity index (χ0n) is 16.2. The van der Waals surface area contributed by atoms with E-state index in [1.54, 1.807) is 0 Å². The number of aromatic nitrogens is 1. The van der Waals surface area contributed by atoms with Crippen molar-refractivity contribution in [2.24, 2.45) is 0 Å². The van der Waals surface area contributed by atoms with Crippen LogP contribution in [0, 0.1) is 6.92 Å². The van der Waals surface area contributed by atoms with E-state index >= 15 is 0 Å². The molecule has 2 aliphatic rings. The molecular weight excluding hydrogens is 362 g/mol. The van der Waals surface area contributed by atoms with E-state index < -0.39 is 11.8 Å². The van der Waals surface area contributed by atoms with Crippen molar-refractivity contribution in [2.45, 2.75) is 25.6 Å². The first-order chi connectivity index (χ1) is 13.5. The van der Waals surface area contributed by atoms with Gasteiger partial charge < -0.3 is 29.4 Å². The molecule has 0 bridgehead atoms. The number of nitrogens with one attached hydrogen (secondary N) is 3. The van der Waals surface area contributed by atoms with Crippen LogP contribution in [0.1, 0.15) is 28.9 Å². The van der Waals surface area contributed by atoms with Gasteiger partial charge in [-0.05, 0) is 18.6 Å². The lowest BCUT2D eigenvalue weighted by molar-refractivity contribution is -0.900. The van der Waals surface area contributed by atoms with E-state index in [0.29, 0.717) is 25.4 Å². The van der Waals surface area contributed by atoms with Crippen LogP contribution in [0.5, 0.6) is 0 Å². The molecule has 0 aliphatic carbocycles. The van der Waals surface area contributed by atoms with Crippen LogP contribution in [-0.2, 0) is 19.0 Å². The van der Waals surface area contributed by atoms with Gasteiger partial charge in [0.15, 0.2) is 12.3 Å². The van der Waals surface area contributed by atoms with Gasteiger partial charge >= 0.3 is 5.97 Å². The van der Waals surface area contributed by atoms with Gasteiger partial charge in [0, 0.05) is 10.9 Å². The summed E-state index contributed by atoms with van der Waals surface area (Å²) in [5.74, 6) is -1.08. The van der Waals surface area contributed by atoms with Gasteiger partial charge in [-0.2, -0.15) is 0 Å². The number of H-pyrrole nitrogens is 1. The predicted octanol–water partition coefficient (Wildman–Crippen LogP) is 0.623. The highest BCUT2D eigenvalue weighted by Crippen LogP contribution is 2.31. The second-order valence-electron chi connectivity index (χ2n) is 7.45. The number of quaternary nitrogens is 1. The summed E-state index contributed by atoms with van der Waals surface area (Å²) in [5, 5.41) is 3.77. The van der Waals surface area contributed by atoms with Gasteiger partial charge in [-0.1, -0.05) is 12.1 Å². The Morgan fingerprint density at radius 3 is 2.64 bits per heavy atom. The van der Waals surface area contributed by atoms with Crippen molar-refractivity contribution in [3.63, 3.8) is 0 Å². The normalized spacial score (nSPS) is 19.2. The predicted molar refractivity (Wildman–Crippen MR) is 102 cm³/mol. The number of anilines is 1. The highest BCUT2D eigenvalue weighted by atomic mass is 16.7. The number of carbonyl (C=O) groups excluding carboxylic acids is 2. The number of likely N-dealkylation sites (tertiary alicyclic amines) is 1. The number of methoxy groups -OCH3 is 1. The minimum atomic E-state index is -0.506. The summed E-state index contributed by atoms with van der Waals surface area (Å²) in [6, 6.07) is 5.73. The Morgan fingerprint density at radius 2 is 1.96 bits per heavy atom. The summed E-state index contributed by atoms with van der Waals surface area (Å²) >= 11 is 0. The summed E-state index contributed by atoms with van der Waals surface area (Å²) < 4.78 is 16.4. The number of benzene rings is 1. The van der Waals surface area contributed by atoms with Crippen molar-refractivity contribution in [3.8, 4) is 0 Å². The molecule has 2 aliphatic heterocycles. The molecule has 150 valence electrons. The van der Waals surface area contributed by atoms with Gasteiger partial charge in [-0.25, -0.2) is 4.79 Å². The Hall–Kier alpha value is -2.42. The van der Waals surface area contributed by atoms with Crippen LogP contribution < -0.4 is 10.2 Å². The molecule has 28 heavy (non-hydrogen) atoms. The molecule has 2 aromatic rings. The molecule has 1 spiro atoms. The topological polar surface area (TPSA) is 94.1 Å². The quantitative estimate of drug-likeness (QED) is 0.668. The van der Waals surface area contributed by atoms with Crippen molar-refractivity contribution >= 4 is 28.5 Å². The third kappa shape index (κ3) is 3.50. The smallest absolute Gasteiger partial charge is 0.356 e. The average Bonchev–Trinajstić information content (AvgIpc) is 3.29. The first-order valence-electron chi connectivity index (χ1n) is 9.62. The lowest BCUT2D eigenvalue weighted by atomic mass is 10.0. The number of piperidine rings is 1. The van der Waals surface area contributed by atoms with Crippen LogP contribution in [0.4, 0.5) is 5.69 Å². The van der Waals surface area contributed by atoms with E-state index in [0.717, 1.165) is 42.4 Å². The van der Waals surface area contributed by atoms with Crippen LogP contribution in [-0.4, -0.2) is 62.6 Å². The molecule has 0 radical (unpaired) electrons. The van der Waals surface area contributed by atoms with Crippen molar-refractivity contribution in [2.75, 3.05) is 45.3 Å². The maximum atomic E-state index is 12.7.